The van der Waals surface area contributed by atoms with Gasteiger partial charge in [-0.3, -0.25) is 0 Å². The van der Waals surface area contributed by atoms with Gasteiger partial charge < -0.3 is 14.5 Å². The Kier molecular flexibility index (Phi) is 4.46. The van der Waals surface area contributed by atoms with E-state index >= 15 is 0 Å². The van der Waals surface area contributed by atoms with Crippen molar-refractivity contribution in [3.8, 4) is 5.75 Å². The molecule has 8 heteroatoms. The molecule has 0 N–H and O–H groups in total. The van der Waals surface area contributed by atoms with Crippen molar-refractivity contribution in [2.45, 2.75) is 0 Å². The number of hydrogen-bond donors (Lipinski definition) is 0. The van der Waals surface area contributed by atoms with Crippen LogP contribution in [0.25, 0.3) is 20.4 Å². The molecule has 28 heavy (non-hydrogen) atoms. The molecule has 0 aliphatic carbocycles. The first kappa shape index (κ1) is 17.5. The molecule has 1 fully saturated rings. The first-order valence-electron chi connectivity index (χ1n) is 9.07. The van der Waals surface area contributed by atoms with Crippen LogP contribution in [0.4, 0.5) is 5.13 Å². The van der Waals surface area contributed by atoms with Crippen molar-refractivity contribution in [2.24, 2.45) is 0 Å². The van der Waals surface area contributed by atoms with E-state index < -0.39 is 5.97 Å². The molecule has 0 unspecified atom stereocenters. The monoisotopic (exact) mass is 410 g/mol. The number of carbonyl (C=O) groups is 1. The third kappa shape index (κ3) is 3.34. The van der Waals surface area contributed by atoms with Gasteiger partial charge in [0.25, 0.3) is 0 Å². The van der Waals surface area contributed by atoms with E-state index in [2.05, 4.69) is 21.8 Å². The molecule has 0 saturated carbocycles. The fraction of sp³-hybridized carbons (Fsp3) is 0.250. The quantitative estimate of drug-likeness (QED) is 0.377. The number of aromatic nitrogens is 2. The van der Waals surface area contributed by atoms with E-state index in [0.717, 1.165) is 51.7 Å². The number of carbonyl (C=O) groups excluding carboxylic acids is 1. The highest BCUT2D eigenvalue weighted by Crippen LogP contribution is 2.32. The number of esters is 1. The summed E-state index contributed by atoms with van der Waals surface area (Å²) in [5.74, 6) is 0.0923. The molecule has 142 valence electrons. The molecule has 2 aromatic heterocycles. The minimum absolute atomic E-state index is 0.365. The maximum absolute atomic E-state index is 12.5. The fourth-order valence-electron chi connectivity index (χ4n) is 3.20. The molecular weight excluding hydrogens is 392 g/mol. The molecule has 0 bridgehead atoms. The van der Waals surface area contributed by atoms with E-state index in [-0.39, 0.29) is 0 Å². The molecule has 3 heterocycles. The van der Waals surface area contributed by atoms with E-state index in [4.69, 9.17) is 9.72 Å². The summed E-state index contributed by atoms with van der Waals surface area (Å²) in [7, 11) is 2.14. The van der Waals surface area contributed by atoms with E-state index in [0.29, 0.717) is 10.8 Å². The van der Waals surface area contributed by atoms with Crippen molar-refractivity contribution in [3.05, 3.63) is 47.5 Å². The van der Waals surface area contributed by atoms with Gasteiger partial charge in [-0.2, -0.15) is 0 Å². The molecule has 0 radical (unpaired) electrons. The molecule has 1 aliphatic rings. The molecule has 1 saturated heterocycles. The largest absolute Gasteiger partial charge is 0.421 e. The first-order chi connectivity index (χ1) is 13.7. The number of para-hydroxylation sites is 1. The van der Waals surface area contributed by atoms with Crippen molar-refractivity contribution in [3.63, 3.8) is 0 Å². The molecule has 5 rings (SSSR count). The zero-order chi connectivity index (χ0) is 19.1. The van der Waals surface area contributed by atoms with Crippen LogP contribution in [-0.4, -0.2) is 54.1 Å². The number of piperazine rings is 1. The van der Waals surface area contributed by atoms with Crippen molar-refractivity contribution in [2.75, 3.05) is 38.1 Å². The summed E-state index contributed by atoms with van der Waals surface area (Å²) in [4.78, 5) is 26.3. The van der Waals surface area contributed by atoms with Crippen LogP contribution in [0.15, 0.2) is 42.5 Å². The van der Waals surface area contributed by atoms with Crippen LogP contribution in [0.3, 0.4) is 0 Å². The molecular formula is C20H18N4O2S2. The Morgan fingerprint density at radius 2 is 1.75 bits per heavy atom. The van der Waals surface area contributed by atoms with Crippen LogP contribution in [0.5, 0.6) is 5.75 Å². The average molecular weight is 411 g/mol. The van der Waals surface area contributed by atoms with Gasteiger partial charge in [0, 0.05) is 32.2 Å². The Labute approximate surface area is 170 Å². The number of likely N-dealkylation sites (N-methyl/N-ethyl adjacent to an activating group) is 1. The highest BCUT2D eigenvalue weighted by molar-refractivity contribution is 7.22. The summed E-state index contributed by atoms with van der Waals surface area (Å²) in [6.07, 6.45) is 0. The Balaban J connectivity index is 1.36. The van der Waals surface area contributed by atoms with Crippen LogP contribution in [0.1, 0.15) is 9.80 Å². The standard InChI is InChI=1S/C20H18N4O2S2/c1-23-8-10-24(11-9-23)20-22-15-7-6-13(12-17(15)28-20)26-19(25)18-21-14-4-2-3-5-16(14)27-18/h2-7,12H,8-11H2,1H3. The molecule has 0 spiro atoms. The van der Waals surface area contributed by atoms with Crippen LogP contribution in [-0.2, 0) is 0 Å². The molecule has 2 aromatic carbocycles. The van der Waals surface area contributed by atoms with Crippen molar-refractivity contribution < 1.29 is 9.53 Å². The minimum atomic E-state index is -0.427. The topological polar surface area (TPSA) is 58.6 Å². The lowest BCUT2D eigenvalue weighted by Crippen LogP contribution is -2.44. The number of fused-ring (bicyclic) bond motifs is 2. The summed E-state index contributed by atoms with van der Waals surface area (Å²) < 4.78 is 7.57. The normalized spacial score (nSPS) is 15.4. The van der Waals surface area contributed by atoms with Gasteiger partial charge in [-0.1, -0.05) is 23.5 Å². The van der Waals surface area contributed by atoms with E-state index in [1.807, 2.05) is 36.4 Å². The number of nitrogens with zero attached hydrogens (tertiary/aromatic N) is 4. The molecule has 1 aliphatic heterocycles. The van der Waals surface area contributed by atoms with Crippen molar-refractivity contribution >= 4 is 54.2 Å². The van der Waals surface area contributed by atoms with Crippen LogP contribution in [0, 0.1) is 0 Å². The summed E-state index contributed by atoms with van der Waals surface area (Å²) in [5.41, 5.74) is 1.74. The lowest BCUT2D eigenvalue weighted by Gasteiger charge is -2.31. The predicted octanol–water partition coefficient (Wildman–Crippen LogP) is 3.88. The molecule has 6 nitrogen and oxygen atoms in total. The van der Waals surface area contributed by atoms with Crippen LogP contribution in [0.2, 0.25) is 0 Å². The Hall–Kier alpha value is -2.55. The second-order valence-corrected chi connectivity index (χ2v) is 8.83. The average Bonchev–Trinajstić information content (AvgIpc) is 3.32. The second-order valence-electron chi connectivity index (χ2n) is 6.79. The zero-order valence-electron chi connectivity index (χ0n) is 15.3. The predicted molar refractivity (Wildman–Crippen MR) is 114 cm³/mol. The van der Waals surface area contributed by atoms with Gasteiger partial charge in [0.05, 0.1) is 20.4 Å². The van der Waals surface area contributed by atoms with Gasteiger partial charge in [-0.05, 0) is 31.3 Å². The third-order valence-corrected chi connectivity index (χ3v) is 6.90. The lowest BCUT2D eigenvalue weighted by atomic mass is 10.3. The number of thiazole rings is 2. The van der Waals surface area contributed by atoms with E-state index in [1.165, 1.54) is 11.3 Å². The summed E-state index contributed by atoms with van der Waals surface area (Å²) in [6, 6.07) is 13.3. The van der Waals surface area contributed by atoms with Crippen LogP contribution >= 0.6 is 22.7 Å². The summed E-state index contributed by atoms with van der Waals surface area (Å²) >= 11 is 2.98. The number of ether oxygens (including phenoxy) is 1. The molecule has 4 aromatic rings. The van der Waals surface area contributed by atoms with Crippen molar-refractivity contribution in [1.29, 1.82) is 0 Å². The summed E-state index contributed by atoms with van der Waals surface area (Å²) in [5, 5.41) is 1.39. The smallest absolute Gasteiger partial charge is 0.372 e. The number of rotatable bonds is 3. The van der Waals surface area contributed by atoms with E-state index in [1.54, 1.807) is 17.4 Å². The number of hydrogen-bond acceptors (Lipinski definition) is 8. The first-order valence-corrected chi connectivity index (χ1v) is 10.7. The number of benzene rings is 2. The van der Waals surface area contributed by atoms with Gasteiger partial charge >= 0.3 is 5.97 Å². The Bertz CT molecular complexity index is 1130. The van der Waals surface area contributed by atoms with Crippen molar-refractivity contribution in [1.82, 2.24) is 14.9 Å². The molecule has 0 amide bonds. The Morgan fingerprint density at radius 3 is 2.57 bits per heavy atom. The van der Waals surface area contributed by atoms with Gasteiger partial charge in [0.1, 0.15) is 5.75 Å². The van der Waals surface area contributed by atoms with Gasteiger partial charge in [0.15, 0.2) is 5.13 Å². The second kappa shape index (κ2) is 7.12. The van der Waals surface area contributed by atoms with Gasteiger partial charge in [-0.25, -0.2) is 14.8 Å². The van der Waals surface area contributed by atoms with Gasteiger partial charge in [-0.15, -0.1) is 11.3 Å². The fourth-order valence-corrected chi connectivity index (χ4v) is 5.09. The van der Waals surface area contributed by atoms with E-state index in [9.17, 15) is 4.79 Å². The lowest BCUT2D eigenvalue weighted by molar-refractivity contribution is 0.0735. The molecule has 0 atom stereocenters. The third-order valence-electron chi connectivity index (χ3n) is 4.80. The maximum atomic E-state index is 12.5. The summed E-state index contributed by atoms with van der Waals surface area (Å²) in [6.45, 7) is 4.05. The zero-order valence-corrected chi connectivity index (χ0v) is 16.9. The highest BCUT2D eigenvalue weighted by Gasteiger charge is 2.19. The van der Waals surface area contributed by atoms with Crippen LogP contribution < -0.4 is 9.64 Å². The highest BCUT2D eigenvalue weighted by atomic mass is 32.1. The maximum Gasteiger partial charge on any atom is 0.372 e. The Morgan fingerprint density at radius 1 is 0.964 bits per heavy atom. The minimum Gasteiger partial charge on any atom is -0.421 e. The SMILES string of the molecule is CN1CCN(c2nc3ccc(OC(=O)c4nc5ccccc5s4)cc3s2)CC1. The number of anilines is 1. The van der Waals surface area contributed by atoms with Gasteiger partial charge in [0.2, 0.25) is 5.01 Å².